The predicted molar refractivity (Wildman–Crippen MR) is 81.3 cm³/mol. The van der Waals surface area contributed by atoms with Crippen LogP contribution in [-0.2, 0) is 13.0 Å². The van der Waals surface area contributed by atoms with Gasteiger partial charge in [0.2, 0.25) is 0 Å². The fourth-order valence-electron chi connectivity index (χ4n) is 2.12. The summed E-state index contributed by atoms with van der Waals surface area (Å²) < 4.78 is 2.04. The van der Waals surface area contributed by atoms with Gasteiger partial charge in [-0.3, -0.25) is 4.68 Å². The molecule has 0 saturated carbocycles. The van der Waals surface area contributed by atoms with Crippen LogP contribution < -0.4 is 5.32 Å². The van der Waals surface area contributed by atoms with Crippen molar-refractivity contribution in [2.45, 2.75) is 53.5 Å². The molecule has 108 valence electrons. The minimum Gasteiger partial charge on any atom is -0.337 e. The van der Waals surface area contributed by atoms with E-state index in [4.69, 9.17) is 0 Å². The summed E-state index contributed by atoms with van der Waals surface area (Å²) >= 11 is 0. The van der Waals surface area contributed by atoms with Crippen molar-refractivity contribution < 1.29 is 0 Å². The molecule has 0 spiro atoms. The van der Waals surface area contributed by atoms with E-state index in [0.29, 0.717) is 0 Å². The van der Waals surface area contributed by atoms with Crippen molar-refractivity contribution >= 4 is 11.5 Å². The first-order chi connectivity index (χ1) is 9.63. The van der Waals surface area contributed by atoms with Crippen molar-refractivity contribution in [1.82, 2.24) is 19.7 Å². The predicted octanol–water partition coefficient (Wildman–Crippen LogP) is 3.40. The highest BCUT2D eigenvalue weighted by Gasteiger charge is 2.08. The zero-order valence-corrected chi connectivity index (χ0v) is 12.8. The van der Waals surface area contributed by atoms with Crippen LogP contribution in [0.5, 0.6) is 0 Å². The molecule has 2 heterocycles. The number of nitrogens with zero attached hydrogens (tertiary/aromatic N) is 4. The van der Waals surface area contributed by atoms with E-state index < -0.39 is 0 Å². The Hall–Kier alpha value is -1.91. The molecule has 0 fully saturated rings. The molecular formula is C15H23N5. The van der Waals surface area contributed by atoms with Gasteiger partial charge in [0, 0.05) is 18.3 Å². The molecule has 2 aromatic rings. The van der Waals surface area contributed by atoms with E-state index in [1.165, 1.54) is 6.42 Å². The third kappa shape index (κ3) is 3.35. The first-order valence-corrected chi connectivity index (χ1v) is 7.28. The van der Waals surface area contributed by atoms with Crippen molar-refractivity contribution in [2.75, 3.05) is 5.32 Å². The molecule has 5 heteroatoms. The van der Waals surface area contributed by atoms with E-state index in [-0.39, 0.29) is 0 Å². The van der Waals surface area contributed by atoms with Crippen LogP contribution in [0.25, 0.3) is 0 Å². The Kier molecular flexibility index (Phi) is 4.71. The first-order valence-electron chi connectivity index (χ1n) is 7.28. The van der Waals surface area contributed by atoms with Crippen LogP contribution in [0.4, 0.5) is 11.5 Å². The zero-order valence-electron chi connectivity index (χ0n) is 12.8. The highest BCUT2D eigenvalue weighted by Crippen LogP contribution is 2.19. The van der Waals surface area contributed by atoms with Gasteiger partial charge in [0.05, 0.1) is 17.6 Å². The molecule has 2 aromatic heterocycles. The van der Waals surface area contributed by atoms with Gasteiger partial charge in [-0.05, 0) is 26.7 Å². The molecule has 0 atom stereocenters. The monoisotopic (exact) mass is 273 g/mol. The molecule has 0 aromatic carbocycles. The quantitative estimate of drug-likeness (QED) is 0.876. The lowest BCUT2D eigenvalue weighted by molar-refractivity contribution is 0.559. The van der Waals surface area contributed by atoms with Crippen LogP contribution >= 0.6 is 0 Å². The van der Waals surface area contributed by atoms with Crippen molar-refractivity contribution in [3.8, 4) is 0 Å². The van der Waals surface area contributed by atoms with Gasteiger partial charge in [-0.1, -0.05) is 20.3 Å². The Morgan fingerprint density at radius 2 is 2.00 bits per heavy atom. The van der Waals surface area contributed by atoms with E-state index in [1.54, 1.807) is 0 Å². The molecule has 0 saturated heterocycles. The summed E-state index contributed by atoms with van der Waals surface area (Å²) in [5, 5.41) is 7.78. The van der Waals surface area contributed by atoms with Gasteiger partial charge in [-0.2, -0.15) is 5.10 Å². The summed E-state index contributed by atoms with van der Waals surface area (Å²) in [4.78, 5) is 8.82. The van der Waals surface area contributed by atoms with Gasteiger partial charge >= 0.3 is 0 Å². The molecule has 5 nitrogen and oxygen atoms in total. The molecule has 0 aliphatic heterocycles. The van der Waals surface area contributed by atoms with Crippen molar-refractivity contribution in [1.29, 1.82) is 0 Å². The fourth-order valence-corrected chi connectivity index (χ4v) is 2.12. The second kappa shape index (κ2) is 6.50. The maximum atomic E-state index is 4.43. The fraction of sp³-hybridized carbons (Fsp3) is 0.533. The average molecular weight is 273 g/mol. The van der Waals surface area contributed by atoms with Gasteiger partial charge < -0.3 is 5.32 Å². The van der Waals surface area contributed by atoms with Crippen LogP contribution in [0, 0.1) is 13.8 Å². The Morgan fingerprint density at radius 1 is 1.20 bits per heavy atom. The third-order valence-corrected chi connectivity index (χ3v) is 3.34. The molecule has 0 bridgehead atoms. The molecule has 1 N–H and O–H groups in total. The molecule has 20 heavy (non-hydrogen) atoms. The van der Waals surface area contributed by atoms with Crippen LogP contribution in [0.3, 0.4) is 0 Å². The number of anilines is 2. The number of nitrogens with one attached hydrogen (secondary N) is 1. The van der Waals surface area contributed by atoms with Crippen LogP contribution in [0.1, 0.15) is 43.9 Å². The smallest absolute Gasteiger partial charge is 0.134 e. The van der Waals surface area contributed by atoms with Crippen molar-refractivity contribution in [2.24, 2.45) is 0 Å². The van der Waals surface area contributed by atoms with Gasteiger partial charge in [0.1, 0.15) is 11.6 Å². The molecule has 0 unspecified atom stereocenters. The summed E-state index contributed by atoms with van der Waals surface area (Å²) in [6.45, 7) is 9.25. The highest BCUT2D eigenvalue weighted by molar-refractivity contribution is 5.57. The molecule has 2 rings (SSSR count). The maximum absolute atomic E-state index is 4.43. The van der Waals surface area contributed by atoms with Gasteiger partial charge in [0.25, 0.3) is 0 Å². The topological polar surface area (TPSA) is 55.6 Å². The minimum absolute atomic E-state index is 0.794. The van der Waals surface area contributed by atoms with E-state index in [0.717, 1.165) is 48.1 Å². The molecule has 0 amide bonds. The Bertz CT molecular complexity index is 574. The third-order valence-electron chi connectivity index (χ3n) is 3.34. The Balaban J connectivity index is 2.17. The van der Waals surface area contributed by atoms with Crippen LogP contribution in [0.2, 0.25) is 0 Å². The second-order valence-electron chi connectivity index (χ2n) is 4.99. The number of rotatable bonds is 6. The first kappa shape index (κ1) is 14.5. The lowest BCUT2D eigenvalue weighted by Crippen LogP contribution is -2.04. The Morgan fingerprint density at radius 3 is 2.70 bits per heavy atom. The van der Waals surface area contributed by atoms with Gasteiger partial charge in [-0.25, -0.2) is 9.97 Å². The van der Waals surface area contributed by atoms with Crippen molar-refractivity contribution in [3.63, 3.8) is 0 Å². The Labute approximate surface area is 120 Å². The normalized spacial score (nSPS) is 10.8. The zero-order chi connectivity index (χ0) is 14.5. The summed E-state index contributed by atoms with van der Waals surface area (Å²) in [5.74, 6) is 1.63. The average Bonchev–Trinajstić information content (AvgIpc) is 2.77. The molecule has 0 aliphatic rings. The van der Waals surface area contributed by atoms with Crippen molar-refractivity contribution in [3.05, 3.63) is 29.5 Å². The lowest BCUT2D eigenvalue weighted by atomic mass is 10.3. The maximum Gasteiger partial charge on any atom is 0.134 e. The SMILES string of the molecule is CCCCn1ncc(Nc2cc(CC)nc(C)n2)c1C. The van der Waals surface area contributed by atoms with Crippen LogP contribution in [0.15, 0.2) is 12.3 Å². The minimum atomic E-state index is 0.794. The lowest BCUT2D eigenvalue weighted by Gasteiger charge is -2.08. The largest absolute Gasteiger partial charge is 0.337 e. The van der Waals surface area contributed by atoms with E-state index in [9.17, 15) is 0 Å². The summed E-state index contributed by atoms with van der Waals surface area (Å²) in [6.07, 6.45) is 5.10. The number of aromatic nitrogens is 4. The standard InChI is InChI=1S/C15H23N5/c1-5-7-8-20-11(3)14(10-16-20)19-15-9-13(6-2)17-12(4)18-15/h9-10H,5-8H2,1-4H3,(H,17,18,19). The number of aryl methyl sites for hydroxylation is 3. The highest BCUT2D eigenvalue weighted by atomic mass is 15.3. The number of hydrogen-bond acceptors (Lipinski definition) is 4. The van der Waals surface area contributed by atoms with E-state index in [1.807, 2.05) is 23.9 Å². The van der Waals surface area contributed by atoms with E-state index >= 15 is 0 Å². The van der Waals surface area contributed by atoms with Gasteiger partial charge in [-0.15, -0.1) is 0 Å². The molecule has 0 aliphatic carbocycles. The second-order valence-corrected chi connectivity index (χ2v) is 4.99. The number of unbranched alkanes of at least 4 members (excludes halogenated alkanes) is 1. The van der Waals surface area contributed by atoms with Gasteiger partial charge in [0.15, 0.2) is 0 Å². The summed E-state index contributed by atoms with van der Waals surface area (Å²) in [6, 6.07) is 2.00. The molecule has 0 radical (unpaired) electrons. The molecular weight excluding hydrogens is 250 g/mol. The summed E-state index contributed by atoms with van der Waals surface area (Å²) in [5.41, 5.74) is 3.21. The summed E-state index contributed by atoms with van der Waals surface area (Å²) in [7, 11) is 0. The van der Waals surface area contributed by atoms with E-state index in [2.05, 4.69) is 41.2 Å². The number of hydrogen-bond donors (Lipinski definition) is 1. The van der Waals surface area contributed by atoms with Crippen LogP contribution in [-0.4, -0.2) is 19.7 Å².